The maximum atomic E-state index is 12.4. The number of benzene rings is 1. The van der Waals surface area contributed by atoms with Crippen molar-refractivity contribution in [2.75, 3.05) is 7.11 Å². The van der Waals surface area contributed by atoms with Gasteiger partial charge in [0.2, 0.25) is 0 Å². The molecule has 0 radical (unpaired) electrons. The summed E-state index contributed by atoms with van der Waals surface area (Å²) in [5.41, 5.74) is 1.05. The molecule has 1 amide bonds. The number of hydrogen-bond donors (Lipinski definition) is 1. The van der Waals surface area contributed by atoms with Crippen LogP contribution in [-0.2, 0) is 9.53 Å². The van der Waals surface area contributed by atoms with Gasteiger partial charge in [-0.05, 0) is 18.6 Å². The second kappa shape index (κ2) is 9.01. The van der Waals surface area contributed by atoms with Gasteiger partial charge in [-0.1, -0.05) is 56.9 Å². The number of para-hydroxylation sites is 1. The molecule has 5 nitrogen and oxygen atoms in total. The van der Waals surface area contributed by atoms with Gasteiger partial charge in [0.05, 0.1) is 12.6 Å². The van der Waals surface area contributed by atoms with Gasteiger partial charge in [0.25, 0.3) is 5.91 Å². The molecule has 24 heavy (non-hydrogen) atoms. The van der Waals surface area contributed by atoms with E-state index in [0.29, 0.717) is 12.1 Å². The molecule has 1 atom stereocenters. The summed E-state index contributed by atoms with van der Waals surface area (Å²) in [4.78, 5) is 28.7. The first-order chi connectivity index (χ1) is 11.7. The van der Waals surface area contributed by atoms with Crippen LogP contribution < -0.4 is 5.32 Å². The lowest BCUT2D eigenvalue weighted by atomic mass is 10.1. The highest BCUT2D eigenvalue weighted by molar-refractivity contribution is 5.97. The topological polar surface area (TPSA) is 68.3 Å². The molecule has 0 spiro atoms. The number of nitrogens with one attached hydrogen (secondary N) is 1. The Labute approximate surface area is 142 Å². The first-order valence-corrected chi connectivity index (χ1v) is 8.40. The van der Waals surface area contributed by atoms with E-state index in [4.69, 9.17) is 4.74 Å². The van der Waals surface area contributed by atoms with E-state index < -0.39 is 12.0 Å². The Morgan fingerprint density at radius 3 is 2.67 bits per heavy atom. The summed E-state index contributed by atoms with van der Waals surface area (Å²) in [5, 5.41) is 3.72. The third kappa shape index (κ3) is 4.78. The van der Waals surface area contributed by atoms with Crippen LogP contribution in [-0.4, -0.2) is 30.0 Å². The molecule has 5 heteroatoms. The van der Waals surface area contributed by atoms with Gasteiger partial charge >= 0.3 is 5.97 Å². The van der Waals surface area contributed by atoms with E-state index in [9.17, 15) is 9.59 Å². The van der Waals surface area contributed by atoms with Crippen LogP contribution in [0.4, 0.5) is 0 Å². The molecule has 0 aliphatic rings. The second-order valence-corrected chi connectivity index (χ2v) is 5.79. The van der Waals surface area contributed by atoms with Crippen LogP contribution >= 0.6 is 0 Å². The zero-order valence-corrected chi connectivity index (χ0v) is 14.2. The SMILES string of the molecule is CCCCCC[C@@H](NC(=O)c1ccc2ccccc2n1)C(=O)OC. The van der Waals surface area contributed by atoms with E-state index in [1.807, 2.05) is 30.3 Å². The molecular formula is C19H24N2O3. The molecule has 2 rings (SSSR count). The summed E-state index contributed by atoms with van der Waals surface area (Å²) in [6, 6.07) is 10.5. The van der Waals surface area contributed by atoms with Crippen molar-refractivity contribution < 1.29 is 14.3 Å². The number of aromatic nitrogens is 1. The largest absolute Gasteiger partial charge is 0.467 e. The molecule has 1 N–H and O–H groups in total. The fourth-order valence-electron chi connectivity index (χ4n) is 2.59. The van der Waals surface area contributed by atoms with Crippen LogP contribution in [0.15, 0.2) is 36.4 Å². The van der Waals surface area contributed by atoms with Crippen LogP contribution in [0.1, 0.15) is 49.5 Å². The van der Waals surface area contributed by atoms with Crippen LogP contribution in [0, 0.1) is 0 Å². The van der Waals surface area contributed by atoms with E-state index in [2.05, 4.69) is 17.2 Å². The molecular weight excluding hydrogens is 304 g/mol. The number of rotatable bonds is 8. The lowest BCUT2D eigenvalue weighted by molar-refractivity contribution is -0.143. The fraction of sp³-hybridized carbons (Fsp3) is 0.421. The Hall–Kier alpha value is -2.43. The monoisotopic (exact) mass is 328 g/mol. The molecule has 1 aromatic heterocycles. The van der Waals surface area contributed by atoms with Crippen molar-refractivity contribution in [1.29, 1.82) is 0 Å². The van der Waals surface area contributed by atoms with Crippen molar-refractivity contribution in [3.8, 4) is 0 Å². The molecule has 0 fully saturated rings. The number of hydrogen-bond acceptors (Lipinski definition) is 4. The summed E-state index contributed by atoms with van der Waals surface area (Å²) >= 11 is 0. The Kier molecular flexibility index (Phi) is 6.73. The minimum atomic E-state index is -0.632. The number of amides is 1. The van der Waals surface area contributed by atoms with Crippen molar-refractivity contribution in [2.24, 2.45) is 0 Å². The summed E-state index contributed by atoms with van der Waals surface area (Å²) in [6.45, 7) is 2.13. The van der Waals surface area contributed by atoms with Gasteiger partial charge < -0.3 is 10.1 Å². The second-order valence-electron chi connectivity index (χ2n) is 5.79. The number of carbonyl (C=O) groups is 2. The summed E-state index contributed by atoms with van der Waals surface area (Å²) in [5.74, 6) is -0.771. The average Bonchev–Trinajstić information content (AvgIpc) is 2.63. The quantitative estimate of drug-likeness (QED) is 0.595. The average molecular weight is 328 g/mol. The van der Waals surface area contributed by atoms with Crippen LogP contribution in [0.5, 0.6) is 0 Å². The number of esters is 1. The molecule has 0 aliphatic carbocycles. The van der Waals surface area contributed by atoms with E-state index in [1.165, 1.54) is 7.11 Å². The molecule has 0 unspecified atom stereocenters. The number of nitrogens with zero attached hydrogens (tertiary/aromatic N) is 1. The van der Waals surface area contributed by atoms with Crippen LogP contribution in [0.2, 0.25) is 0 Å². The predicted octanol–water partition coefficient (Wildman–Crippen LogP) is 3.48. The van der Waals surface area contributed by atoms with E-state index >= 15 is 0 Å². The van der Waals surface area contributed by atoms with Gasteiger partial charge in [-0.3, -0.25) is 4.79 Å². The Balaban J connectivity index is 2.05. The van der Waals surface area contributed by atoms with E-state index in [1.54, 1.807) is 6.07 Å². The number of fused-ring (bicyclic) bond motifs is 1. The fourth-order valence-corrected chi connectivity index (χ4v) is 2.59. The highest BCUT2D eigenvalue weighted by Gasteiger charge is 2.22. The van der Waals surface area contributed by atoms with Gasteiger partial charge in [-0.2, -0.15) is 0 Å². The molecule has 0 saturated heterocycles. The normalized spacial score (nSPS) is 11.9. The van der Waals surface area contributed by atoms with Gasteiger partial charge in [0.1, 0.15) is 11.7 Å². The molecule has 0 saturated carbocycles. The molecule has 1 heterocycles. The number of carbonyl (C=O) groups excluding carboxylic acids is 2. The molecule has 0 aliphatic heterocycles. The van der Waals surface area contributed by atoms with Crippen molar-refractivity contribution in [3.05, 3.63) is 42.1 Å². The van der Waals surface area contributed by atoms with Crippen molar-refractivity contribution in [2.45, 2.75) is 45.1 Å². The summed E-state index contributed by atoms with van der Waals surface area (Å²) < 4.78 is 4.80. The zero-order valence-electron chi connectivity index (χ0n) is 14.2. The number of methoxy groups -OCH3 is 1. The number of unbranched alkanes of at least 4 members (excludes halogenated alkanes) is 3. The molecule has 128 valence electrons. The maximum Gasteiger partial charge on any atom is 0.328 e. The van der Waals surface area contributed by atoms with E-state index in [0.717, 1.165) is 36.6 Å². The Morgan fingerprint density at radius 2 is 1.92 bits per heavy atom. The van der Waals surface area contributed by atoms with Gasteiger partial charge in [-0.25, -0.2) is 9.78 Å². The van der Waals surface area contributed by atoms with Gasteiger partial charge in [-0.15, -0.1) is 0 Å². The van der Waals surface area contributed by atoms with E-state index in [-0.39, 0.29) is 5.91 Å². The maximum absolute atomic E-state index is 12.4. The first kappa shape index (κ1) is 17.9. The summed E-state index contributed by atoms with van der Waals surface area (Å²) in [7, 11) is 1.34. The highest BCUT2D eigenvalue weighted by Crippen LogP contribution is 2.12. The van der Waals surface area contributed by atoms with Gasteiger partial charge in [0, 0.05) is 5.39 Å². The standard InChI is InChI=1S/C19H24N2O3/c1-3-4-5-6-11-17(19(23)24-2)21-18(22)16-13-12-14-9-7-8-10-15(14)20-16/h7-10,12-13,17H,3-6,11H2,1-2H3,(H,21,22)/t17-/m1/s1. The van der Waals surface area contributed by atoms with Gasteiger partial charge in [0.15, 0.2) is 0 Å². The minimum Gasteiger partial charge on any atom is -0.467 e. The predicted molar refractivity (Wildman–Crippen MR) is 93.8 cm³/mol. The number of ether oxygens (including phenoxy) is 1. The smallest absolute Gasteiger partial charge is 0.328 e. The Bertz CT molecular complexity index is 700. The van der Waals surface area contributed by atoms with Crippen molar-refractivity contribution >= 4 is 22.8 Å². The zero-order chi connectivity index (χ0) is 17.4. The lowest BCUT2D eigenvalue weighted by Gasteiger charge is -2.16. The lowest BCUT2D eigenvalue weighted by Crippen LogP contribution is -2.41. The number of pyridine rings is 1. The third-order valence-electron chi connectivity index (χ3n) is 3.97. The first-order valence-electron chi connectivity index (χ1n) is 8.40. The van der Waals surface area contributed by atoms with Crippen LogP contribution in [0.25, 0.3) is 10.9 Å². The highest BCUT2D eigenvalue weighted by atomic mass is 16.5. The minimum absolute atomic E-state index is 0.302. The van der Waals surface area contributed by atoms with Crippen molar-refractivity contribution in [1.82, 2.24) is 10.3 Å². The Morgan fingerprint density at radius 1 is 1.12 bits per heavy atom. The van der Waals surface area contributed by atoms with Crippen molar-refractivity contribution in [3.63, 3.8) is 0 Å². The summed E-state index contributed by atoms with van der Waals surface area (Å²) in [6.07, 6.45) is 4.73. The molecule has 1 aromatic carbocycles. The third-order valence-corrected chi connectivity index (χ3v) is 3.97. The molecule has 0 bridgehead atoms. The molecule has 2 aromatic rings. The van der Waals surface area contributed by atoms with Crippen LogP contribution in [0.3, 0.4) is 0 Å².